The summed E-state index contributed by atoms with van der Waals surface area (Å²) in [6, 6.07) is 4.24. The third-order valence-corrected chi connectivity index (χ3v) is 1.94. The van der Waals surface area contributed by atoms with E-state index in [0.717, 1.165) is 0 Å². The molecule has 0 fully saturated rings. The number of amides is 1. The normalized spacial score (nSPS) is 11.2. The number of benzene rings is 1. The molecule has 0 aliphatic rings. The fourth-order valence-corrected chi connectivity index (χ4v) is 1.14. The lowest BCUT2D eigenvalue weighted by Gasteiger charge is -2.10. The summed E-state index contributed by atoms with van der Waals surface area (Å²) in [5.41, 5.74) is 0.507. The number of alkyl halides is 3. The predicted octanol–water partition coefficient (Wildman–Crippen LogP) is 2.59. The van der Waals surface area contributed by atoms with Gasteiger partial charge in [-0.3, -0.25) is 4.79 Å². The maximum absolute atomic E-state index is 11.9. The zero-order valence-corrected chi connectivity index (χ0v) is 8.43. The highest BCUT2D eigenvalue weighted by atomic mass is 19.4. The van der Waals surface area contributed by atoms with Crippen LogP contribution in [0.1, 0.15) is 12.0 Å². The molecule has 1 amide bonds. The molecular weight excluding hydrogens is 223 g/mol. The molecule has 88 valence electrons. The van der Waals surface area contributed by atoms with Crippen LogP contribution in [0, 0.1) is 6.92 Å². The maximum Gasteiger partial charge on any atom is 0.397 e. The Morgan fingerprint density at radius 1 is 1.44 bits per heavy atom. The third kappa shape index (κ3) is 3.45. The van der Waals surface area contributed by atoms with E-state index in [1.807, 2.05) is 0 Å². The van der Waals surface area contributed by atoms with Gasteiger partial charge in [0.05, 0.1) is 0 Å². The van der Waals surface area contributed by atoms with Crippen LogP contribution in [-0.4, -0.2) is 17.2 Å². The van der Waals surface area contributed by atoms with Crippen LogP contribution in [-0.2, 0) is 4.79 Å². The smallest absolute Gasteiger partial charge is 0.397 e. The summed E-state index contributed by atoms with van der Waals surface area (Å²) in [6.45, 7) is 1.50. The van der Waals surface area contributed by atoms with E-state index in [4.69, 9.17) is 0 Å². The number of halogens is 3. The molecule has 0 radical (unpaired) electrons. The molecule has 0 aromatic heterocycles. The fraction of sp³-hybridized carbons (Fsp3) is 0.300. The molecule has 0 unspecified atom stereocenters. The lowest BCUT2D eigenvalue weighted by molar-refractivity contribution is -0.150. The number of phenolic OH excluding ortho intramolecular Hbond substituents is 1. The highest BCUT2D eigenvalue weighted by Gasteiger charge is 2.31. The standard InChI is InChI=1S/C10H10F3NO2/c1-6-7(3-2-4-8(6)15)14-9(16)5-10(11,12)13/h2-4,15H,5H2,1H3,(H,14,16). The Bertz CT molecular complexity index is 402. The predicted molar refractivity (Wildman–Crippen MR) is 52.1 cm³/mol. The highest BCUT2D eigenvalue weighted by molar-refractivity contribution is 5.92. The van der Waals surface area contributed by atoms with Crippen LogP contribution in [0.4, 0.5) is 18.9 Å². The Labute approximate surface area is 89.9 Å². The number of carbonyl (C=O) groups is 1. The summed E-state index contributed by atoms with van der Waals surface area (Å²) in [6.07, 6.45) is -6.07. The van der Waals surface area contributed by atoms with E-state index in [-0.39, 0.29) is 11.4 Å². The van der Waals surface area contributed by atoms with Crippen LogP contribution >= 0.6 is 0 Å². The third-order valence-electron chi connectivity index (χ3n) is 1.94. The van der Waals surface area contributed by atoms with Gasteiger partial charge in [-0.05, 0) is 19.1 Å². The van der Waals surface area contributed by atoms with Crippen molar-refractivity contribution in [1.82, 2.24) is 0 Å². The van der Waals surface area contributed by atoms with Gasteiger partial charge in [0.25, 0.3) is 0 Å². The van der Waals surface area contributed by atoms with E-state index in [9.17, 15) is 23.1 Å². The van der Waals surface area contributed by atoms with Gasteiger partial charge in [0, 0.05) is 11.3 Å². The van der Waals surface area contributed by atoms with Gasteiger partial charge in [-0.2, -0.15) is 13.2 Å². The second-order valence-electron chi connectivity index (χ2n) is 3.29. The van der Waals surface area contributed by atoms with Crippen LogP contribution in [0.25, 0.3) is 0 Å². The molecule has 0 aliphatic heterocycles. The molecule has 0 saturated heterocycles. The molecule has 0 spiro atoms. The van der Waals surface area contributed by atoms with Gasteiger partial charge in [0.2, 0.25) is 5.91 Å². The molecule has 3 nitrogen and oxygen atoms in total. The van der Waals surface area contributed by atoms with Gasteiger partial charge in [-0.15, -0.1) is 0 Å². The topological polar surface area (TPSA) is 49.3 Å². The summed E-state index contributed by atoms with van der Waals surface area (Å²) < 4.78 is 35.6. The number of phenols is 1. The minimum Gasteiger partial charge on any atom is -0.508 e. The van der Waals surface area contributed by atoms with Gasteiger partial charge < -0.3 is 10.4 Å². The number of rotatable bonds is 2. The van der Waals surface area contributed by atoms with Crippen molar-refractivity contribution >= 4 is 11.6 Å². The lowest BCUT2D eigenvalue weighted by atomic mass is 10.2. The lowest BCUT2D eigenvalue weighted by Crippen LogP contribution is -2.21. The molecule has 1 rings (SSSR count). The number of anilines is 1. The molecule has 16 heavy (non-hydrogen) atoms. The molecule has 0 heterocycles. The van der Waals surface area contributed by atoms with E-state index in [1.54, 1.807) is 0 Å². The van der Waals surface area contributed by atoms with Crippen molar-refractivity contribution in [3.63, 3.8) is 0 Å². The molecular formula is C10H10F3NO2. The quantitative estimate of drug-likeness (QED) is 0.824. The number of hydrogen-bond acceptors (Lipinski definition) is 2. The van der Waals surface area contributed by atoms with Crippen molar-refractivity contribution in [3.05, 3.63) is 23.8 Å². The Morgan fingerprint density at radius 3 is 2.62 bits per heavy atom. The van der Waals surface area contributed by atoms with Crippen LogP contribution in [0.5, 0.6) is 5.75 Å². The van der Waals surface area contributed by atoms with Crippen molar-refractivity contribution in [1.29, 1.82) is 0 Å². The molecule has 1 aromatic rings. The Hall–Kier alpha value is -1.72. The van der Waals surface area contributed by atoms with Gasteiger partial charge >= 0.3 is 6.18 Å². The Morgan fingerprint density at radius 2 is 2.06 bits per heavy atom. The number of hydrogen-bond donors (Lipinski definition) is 2. The van der Waals surface area contributed by atoms with Crippen LogP contribution < -0.4 is 5.32 Å². The molecule has 0 atom stereocenters. The monoisotopic (exact) mass is 233 g/mol. The summed E-state index contributed by atoms with van der Waals surface area (Å²) in [7, 11) is 0. The van der Waals surface area contributed by atoms with E-state index in [2.05, 4.69) is 5.32 Å². The second kappa shape index (κ2) is 4.42. The zero-order chi connectivity index (χ0) is 12.3. The van der Waals surface area contributed by atoms with Crippen LogP contribution in [0.2, 0.25) is 0 Å². The van der Waals surface area contributed by atoms with E-state index < -0.39 is 18.5 Å². The first-order chi connectivity index (χ1) is 7.29. The minimum absolute atomic E-state index is 0.0789. The average Bonchev–Trinajstić information content (AvgIpc) is 2.09. The second-order valence-corrected chi connectivity index (χ2v) is 3.29. The summed E-state index contributed by atoms with van der Waals surface area (Å²) in [5.74, 6) is -1.23. The molecule has 0 aliphatic carbocycles. The van der Waals surface area contributed by atoms with E-state index in [0.29, 0.717) is 5.56 Å². The molecule has 2 N–H and O–H groups in total. The van der Waals surface area contributed by atoms with Crippen molar-refractivity contribution in [2.24, 2.45) is 0 Å². The Kier molecular flexibility index (Phi) is 3.41. The summed E-state index contributed by atoms with van der Waals surface area (Å²) >= 11 is 0. The first-order valence-electron chi connectivity index (χ1n) is 4.45. The molecule has 0 bridgehead atoms. The summed E-state index contributed by atoms with van der Waals surface area (Å²) in [4.78, 5) is 11.0. The number of carbonyl (C=O) groups excluding carboxylic acids is 1. The zero-order valence-electron chi connectivity index (χ0n) is 8.43. The van der Waals surface area contributed by atoms with Gasteiger partial charge in [-0.1, -0.05) is 6.07 Å². The average molecular weight is 233 g/mol. The first kappa shape index (κ1) is 12.4. The fourth-order valence-electron chi connectivity index (χ4n) is 1.14. The van der Waals surface area contributed by atoms with Crippen molar-refractivity contribution in [3.8, 4) is 5.75 Å². The van der Waals surface area contributed by atoms with E-state index >= 15 is 0 Å². The SMILES string of the molecule is Cc1c(O)cccc1NC(=O)CC(F)(F)F. The Balaban J connectivity index is 2.74. The number of nitrogens with one attached hydrogen (secondary N) is 1. The van der Waals surface area contributed by atoms with E-state index in [1.165, 1.54) is 25.1 Å². The molecule has 0 saturated carbocycles. The van der Waals surface area contributed by atoms with Crippen molar-refractivity contribution in [2.45, 2.75) is 19.5 Å². The van der Waals surface area contributed by atoms with Gasteiger partial charge in [-0.25, -0.2) is 0 Å². The van der Waals surface area contributed by atoms with Crippen molar-refractivity contribution in [2.75, 3.05) is 5.32 Å². The highest BCUT2D eigenvalue weighted by Crippen LogP contribution is 2.25. The van der Waals surface area contributed by atoms with Gasteiger partial charge in [0.15, 0.2) is 0 Å². The first-order valence-corrected chi connectivity index (χ1v) is 4.45. The minimum atomic E-state index is -4.53. The van der Waals surface area contributed by atoms with Gasteiger partial charge in [0.1, 0.15) is 12.2 Å². The molecule has 1 aromatic carbocycles. The summed E-state index contributed by atoms with van der Waals surface area (Å²) in [5, 5.41) is 11.4. The largest absolute Gasteiger partial charge is 0.508 e. The van der Waals surface area contributed by atoms with Crippen LogP contribution in [0.15, 0.2) is 18.2 Å². The molecule has 6 heteroatoms. The van der Waals surface area contributed by atoms with Crippen molar-refractivity contribution < 1.29 is 23.1 Å². The maximum atomic E-state index is 11.9. The van der Waals surface area contributed by atoms with Crippen LogP contribution in [0.3, 0.4) is 0 Å². The number of aromatic hydroxyl groups is 1.